The molecule has 0 spiro atoms. The number of halogens is 2. The molecule has 0 bridgehead atoms. The van der Waals surface area contributed by atoms with E-state index in [-0.39, 0.29) is 5.69 Å². The number of hydrogen-bond donors (Lipinski definition) is 1. The Kier molecular flexibility index (Phi) is 4.74. The molecule has 0 amide bonds. The first-order chi connectivity index (χ1) is 14.0. The van der Waals surface area contributed by atoms with Gasteiger partial charge in [0.25, 0.3) is 0 Å². The van der Waals surface area contributed by atoms with Crippen molar-refractivity contribution in [2.24, 2.45) is 0 Å². The second-order valence-corrected chi connectivity index (χ2v) is 10.1. The van der Waals surface area contributed by atoms with Crippen molar-refractivity contribution < 1.29 is 22.3 Å². The topological polar surface area (TPSA) is 78.7 Å². The molecule has 1 aromatic heterocycles. The van der Waals surface area contributed by atoms with Crippen LogP contribution >= 0.6 is 0 Å². The number of sulfonamides is 1. The van der Waals surface area contributed by atoms with Gasteiger partial charge in [-0.1, -0.05) is 0 Å². The van der Waals surface area contributed by atoms with E-state index in [1.54, 1.807) is 6.20 Å². The van der Waals surface area contributed by atoms with Crippen LogP contribution in [0.2, 0.25) is 0 Å². The van der Waals surface area contributed by atoms with Crippen LogP contribution in [0.25, 0.3) is 16.6 Å². The largest absolute Gasteiger partial charge is 0.505 e. The van der Waals surface area contributed by atoms with E-state index < -0.39 is 32.9 Å². The van der Waals surface area contributed by atoms with Crippen LogP contribution in [-0.4, -0.2) is 59.0 Å². The molecule has 0 atom stereocenters. The lowest BCUT2D eigenvalue weighted by Gasteiger charge is -2.47. The lowest BCUT2D eigenvalue weighted by molar-refractivity contribution is 0.275. The molecule has 1 aliphatic rings. The van der Waals surface area contributed by atoms with Gasteiger partial charge in [0.05, 0.1) is 23.7 Å². The van der Waals surface area contributed by atoms with E-state index in [4.69, 9.17) is 0 Å². The number of benzene rings is 2. The first-order valence-corrected chi connectivity index (χ1v) is 11.2. The van der Waals surface area contributed by atoms with Crippen LogP contribution in [0.3, 0.4) is 0 Å². The summed E-state index contributed by atoms with van der Waals surface area (Å²) in [6, 6.07) is 7.72. The van der Waals surface area contributed by atoms with Gasteiger partial charge >= 0.3 is 0 Å². The van der Waals surface area contributed by atoms with Crippen molar-refractivity contribution in [1.82, 2.24) is 14.1 Å². The van der Waals surface area contributed by atoms with E-state index in [9.17, 15) is 22.3 Å². The summed E-state index contributed by atoms with van der Waals surface area (Å²) in [6.07, 6.45) is 2.83. The van der Waals surface area contributed by atoms with Gasteiger partial charge in [-0.3, -0.25) is 0 Å². The third kappa shape index (κ3) is 3.50. The Hall–Kier alpha value is -2.72. The number of hydrogen-bond acceptors (Lipinski definition) is 5. The quantitative estimate of drug-likeness (QED) is 0.683. The van der Waals surface area contributed by atoms with Crippen molar-refractivity contribution in [2.75, 3.05) is 30.8 Å². The summed E-state index contributed by atoms with van der Waals surface area (Å²) in [5.74, 6) is -3.24. The predicted molar refractivity (Wildman–Crippen MR) is 110 cm³/mol. The molecule has 2 aromatic carbocycles. The molecule has 7 nitrogen and oxygen atoms in total. The number of phenolic OH excluding ortho intramolecular Hbond substituents is 1. The van der Waals surface area contributed by atoms with Crippen LogP contribution < -0.4 is 4.90 Å². The highest BCUT2D eigenvalue weighted by Gasteiger charge is 2.37. The lowest BCUT2D eigenvalue weighted by atomic mass is 9.99. The molecule has 0 saturated carbocycles. The number of rotatable bonds is 3. The van der Waals surface area contributed by atoms with Gasteiger partial charge in [-0.25, -0.2) is 17.5 Å². The van der Waals surface area contributed by atoms with Gasteiger partial charge < -0.3 is 10.0 Å². The fraction of sp³-hybridized carbons (Fsp3) is 0.350. The molecular formula is C20H22F2N4O3S. The maximum Gasteiger partial charge on any atom is 0.211 e. The molecule has 2 heterocycles. The Labute approximate surface area is 173 Å². The van der Waals surface area contributed by atoms with Crippen LogP contribution in [0.5, 0.6) is 5.75 Å². The van der Waals surface area contributed by atoms with Crippen molar-refractivity contribution in [3.8, 4) is 11.4 Å². The maximum absolute atomic E-state index is 13.7. The van der Waals surface area contributed by atoms with E-state index in [1.165, 1.54) is 15.2 Å². The van der Waals surface area contributed by atoms with Gasteiger partial charge in [0.1, 0.15) is 0 Å². The van der Waals surface area contributed by atoms with Crippen LogP contribution in [-0.2, 0) is 10.0 Å². The average Bonchev–Trinajstić information content (AvgIpc) is 3.07. The SMILES string of the molecule is CC1(C)CN(S(C)(=O)=O)CCN1c1ccc2c(cnn2-c2cc(O)c(F)c(F)c2)c1. The highest BCUT2D eigenvalue weighted by Crippen LogP contribution is 2.32. The highest BCUT2D eigenvalue weighted by molar-refractivity contribution is 7.88. The van der Waals surface area contributed by atoms with Crippen LogP contribution in [0.15, 0.2) is 36.5 Å². The molecule has 160 valence electrons. The zero-order valence-corrected chi connectivity index (χ0v) is 17.6. The fourth-order valence-corrected chi connectivity index (χ4v) is 4.91. The molecule has 0 aliphatic carbocycles. The van der Waals surface area contributed by atoms with Crippen LogP contribution in [0.1, 0.15) is 13.8 Å². The molecule has 1 saturated heterocycles. The minimum atomic E-state index is -3.26. The van der Waals surface area contributed by atoms with Crippen molar-refractivity contribution in [3.05, 3.63) is 48.2 Å². The first-order valence-electron chi connectivity index (χ1n) is 9.36. The number of aromatic hydroxyl groups is 1. The van der Waals surface area contributed by atoms with E-state index >= 15 is 0 Å². The maximum atomic E-state index is 13.7. The Bertz CT molecular complexity index is 1220. The van der Waals surface area contributed by atoms with Crippen LogP contribution in [0, 0.1) is 11.6 Å². The zero-order chi connectivity index (χ0) is 21.8. The van der Waals surface area contributed by atoms with Crippen LogP contribution in [0.4, 0.5) is 14.5 Å². The van der Waals surface area contributed by atoms with Crippen molar-refractivity contribution in [2.45, 2.75) is 19.4 Å². The van der Waals surface area contributed by atoms with Crippen molar-refractivity contribution in [3.63, 3.8) is 0 Å². The third-order valence-corrected chi connectivity index (χ3v) is 6.69. The predicted octanol–water partition coefficient (Wildman–Crippen LogP) is 2.87. The minimum Gasteiger partial charge on any atom is -0.505 e. The molecular weight excluding hydrogens is 414 g/mol. The molecule has 1 fully saturated rings. The number of fused-ring (bicyclic) bond motifs is 1. The number of anilines is 1. The fourth-order valence-electron chi connectivity index (χ4n) is 3.95. The smallest absolute Gasteiger partial charge is 0.211 e. The molecule has 1 aliphatic heterocycles. The number of aromatic nitrogens is 2. The van der Waals surface area contributed by atoms with Gasteiger partial charge in [-0.15, -0.1) is 0 Å². The summed E-state index contributed by atoms with van der Waals surface area (Å²) < 4.78 is 53.9. The summed E-state index contributed by atoms with van der Waals surface area (Å²) in [6.45, 7) is 5.28. The Balaban J connectivity index is 1.69. The second kappa shape index (κ2) is 6.92. The summed E-state index contributed by atoms with van der Waals surface area (Å²) in [5, 5.41) is 14.6. The second-order valence-electron chi connectivity index (χ2n) is 8.12. The van der Waals surface area contributed by atoms with E-state index in [2.05, 4.69) is 10.00 Å². The molecule has 3 aromatic rings. The summed E-state index contributed by atoms with van der Waals surface area (Å²) in [5.41, 5.74) is 1.36. The molecule has 10 heteroatoms. The number of nitrogens with zero attached hydrogens (tertiary/aromatic N) is 4. The molecule has 0 radical (unpaired) electrons. The van der Waals surface area contributed by atoms with Gasteiger partial charge in [0.15, 0.2) is 17.4 Å². The lowest BCUT2D eigenvalue weighted by Crippen LogP contribution is -2.60. The van der Waals surface area contributed by atoms with E-state index in [0.29, 0.717) is 25.2 Å². The van der Waals surface area contributed by atoms with Gasteiger partial charge in [0, 0.05) is 48.4 Å². The van der Waals surface area contributed by atoms with Gasteiger partial charge in [-0.2, -0.15) is 13.8 Å². The number of phenols is 1. The standard InChI is InChI=1S/C20H22F2N4O3S/c1-20(2)12-24(30(3,28)29)6-7-25(20)14-4-5-17-13(8-14)11-23-26(17)15-9-16(21)19(22)18(27)10-15/h4-5,8-11,27H,6-7,12H2,1-3H3. The summed E-state index contributed by atoms with van der Waals surface area (Å²) in [7, 11) is -3.26. The van der Waals surface area contributed by atoms with E-state index in [1.807, 2.05) is 32.0 Å². The van der Waals surface area contributed by atoms with Gasteiger partial charge in [-0.05, 0) is 32.0 Å². The average molecular weight is 436 g/mol. The van der Waals surface area contributed by atoms with Crippen molar-refractivity contribution in [1.29, 1.82) is 0 Å². The summed E-state index contributed by atoms with van der Waals surface area (Å²) >= 11 is 0. The minimum absolute atomic E-state index is 0.205. The zero-order valence-electron chi connectivity index (χ0n) is 16.8. The Morgan fingerprint density at radius 3 is 2.47 bits per heavy atom. The molecule has 4 rings (SSSR count). The molecule has 0 unspecified atom stereocenters. The Morgan fingerprint density at radius 2 is 1.83 bits per heavy atom. The Morgan fingerprint density at radius 1 is 1.10 bits per heavy atom. The first kappa shape index (κ1) is 20.5. The third-order valence-electron chi connectivity index (χ3n) is 5.44. The molecule has 1 N–H and O–H groups in total. The monoisotopic (exact) mass is 436 g/mol. The van der Waals surface area contributed by atoms with Crippen molar-refractivity contribution >= 4 is 26.6 Å². The van der Waals surface area contributed by atoms with Gasteiger partial charge in [0.2, 0.25) is 10.0 Å². The summed E-state index contributed by atoms with van der Waals surface area (Å²) in [4.78, 5) is 2.15. The normalized spacial score (nSPS) is 17.6. The molecule has 30 heavy (non-hydrogen) atoms. The van der Waals surface area contributed by atoms with E-state index in [0.717, 1.165) is 23.2 Å². The number of piperazine rings is 1. The highest BCUT2D eigenvalue weighted by atomic mass is 32.2.